The van der Waals surface area contributed by atoms with Crippen molar-refractivity contribution in [1.29, 1.82) is 0 Å². The maximum atomic E-state index is 14.0. The highest BCUT2D eigenvalue weighted by molar-refractivity contribution is 6.32. The van der Waals surface area contributed by atoms with Gasteiger partial charge in [-0.3, -0.25) is 29.0 Å². The van der Waals surface area contributed by atoms with Crippen LogP contribution in [0.5, 0.6) is 11.5 Å². The average Bonchev–Trinajstić information content (AvgIpc) is 3.19. The summed E-state index contributed by atoms with van der Waals surface area (Å²) in [6, 6.07) is 24.2. The van der Waals surface area contributed by atoms with Gasteiger partial charge in [-0.2, -0.15) is 0 Å². The second kappa shape index (κ2) is 21.7. The third kappa shape index (κ3) is 14.2. The molecule has 2 heterocycles. The molecule has 0 unspecified atom stereocenters. The second-order valence-corrected chi connectivity index (χ2v) is 15.1. The molecule has 2 aliphatic rings. The molecule has 2 aliphatic heterocycles. The summed E-state index contributed by atoms with van der Waals surface area (Å²) in [5.41, 5.74) is 3.28. The Morgan fingerprint density at radius 1 is 0.534 bits per heavy atom. The molecule has 0 aromatic heterocycles. The Bertz CT molecular complexity index is 1880. The molecule has 0 atom stereocenters. The summed E-state index contributed by atoms with van der Waals surface area (Å²) >= 11 is 18.0. The predicted molar refractivity (Wildman–Crippen MR) is 218 cm³/mol. The molecule has 0 aliphatic carbocycles. The molecule has 0 spiro atoms. The lowest BCUT2D eigenvalue weighted by molar-refractivity contribution is -0.137. The minimum atomic E-state index is -1.04. The van der Waals surface area contributed by atoms with Gasteiger partial charge in [0.25, 0.3) is 11.8 Å². The SMILES string of the molecule is O=C(O)Cc1ccc(OCC(=O)N2CCN(Cc3ccc(Cl)cc3)CC2)c(Cl)c1.O=C(O)Cc1ccc(OCC(=O)N2CCN(Cc3ccc(Cl)cc3)CC2)c(F)c1. The van der Waals surface area contributed by atoms with E-state index >= 15 is 0 Å². The first kappa shape index (κ1) is 44.2. The van der Waals surface area contributed by atoms with Gasteiger partial charge in [0.2, 0.25) is 0 Å². The Kier molecular flexibility index (Phi) is 16.6. The molecule has 0 saturated carbocycles. The maximum Gasteiger partial charge on any atom is 0.307 e. The van der Waals surface area contributed by atoms with Crippen LogP contribution in [0.15, 0.2) is 84.9 Å². The Balaban J connectivity index is 0.000000221. The topological polar surface area (TPSA) is 140 Å². The molecule has 16 heteroatoms. The lowest BCUT2D eigenvalue weighted by atomic mass is 10.1. The number of carboxylic acids is 2. The Labute approximate surface area is 351 Å². The van der Waals surface area contributed by atoms with Crippen molar-refractivity contribution < 1.29 is 43.3 Å². The van der Waals surface area contributed by atoms with Crippen LogP contribution in [0.1, 0.15) is 22.3 Å². The van der Waals surface area contributed by atoms with Crippen molar-refractivity contribution >= 4 is 58.6 Å². The first-order valence-electron chi connectivity index (χ1n) is 18.6. The fraction of sp³-hybridized carbons (Fsp3) is 0.333. The van der Waals surface area contributed by atoms with Crippen molar-refractivity contribution in [2.24, 2.45) is 0 Å². The van der Waals surface area contributed by atoms with Crippen LogP contribution < -0.4 is 9.47 Å². The van der Waals surface area contributed by atoms with E-state index in [0.29, 0.717) is 53.1 Å². The molecule has 6 rings (SSSR count). The number of aliphatic carboxylic acids is 2. The van der Waals surface area contributed by atoms with Crippen molar-refractivity contribution in [2.75, 3.05) is 65.6 Å². The molecule has 12 nitrogen and oxygen atoms in total. The van der Waals surface area contributed by atoms with Crippen LogP contribution in [0.4, 0.5) is 4.39 Å². The Morgan fingerprint density at radius 2 is 0.914 bits per heavy atom. The highest BCUT2D eigenvalue weighted by atomic mass is 35.5. The van der Waals surface area contributed by atoms with Crippen molar-refractivity contribution in [3.8, 4) is 11.5 Å². The highest BCUT2D eigenvalue weighted by Gasteiger charge is 2.23. The largest absolute Gasteiger partial charge is 0.482 e. The van der Waals surface area contributed by atoms with E-state index < -0.39 is 17.8 Å². The van der Waals surface area contributed by atoms with Crippen LogP contribution in [0, 0.1) is 5.82 Å². The van der Waals surface area contributed by atoms with Gasteiger partial charge < -0.3 is 29.5 Å². The third-order valence-corrected chi connectivity index (χ3v) is 10.3. The van der Waals surface area contributed by atoms with Gasteiger partial charge in [-0.05, 0) is 70.8 Å². The molecule has 2 amide bonds. The van der Waals surface area contributed by atoms with Crippen LogP contribution in [0.3, 0.4) is 0 Å². The minimum absolute atomic E-state index is 0.0612. The van der Waals surface area contributed by atoms with E-state index in [2.05, 4.69) is 9.80 Å². The number of hydrogen-bond acceptors (Lipinski definition) is 8. The molecular formula is C42H44Cl3FN4O8. The number of halogens is 4. The lowest BCUT2D eigenvalue weighted by Gasteiger charge is -2.34. The van der Waals surface area contributed by atoms with Gasteiger partial charge in [-0.15, -0.1) is 0 Å². The number of carbonyl (C=O) groups is 4. The van der Waals surface area contributed by atoms with Crippen molar-refractivity contribution in [3.05, 3.63) is 128 Å². The quantitative estimate of drug-likeness (QED) is 0.151. The number of ether oxygens (including phenoxy) is 2. The number of amides is 2. The van der Waals surface area contributed by atoms with Crippen LogP contribution in [0.2, 0.25) is 15.1 Å². The smallest absolute Gasteiger partial charge is 0.307 e. The first-order chi connectivity index (χ1) is 27.8. The molecule has 308 valence electrons. The zero-order valence-electron chi connectivity index (χ0n) is 31.6. The predicted octanol–water partition coefficient (Wildman–Crippen LogP) is 6.17. The fourth-order valence-corrected chi connectivity index (χ4v) is 6.87. The van der Waals surface area contributed by atoms with Gasteiger partial charge in [-0.25, -0.2) is 4.39 Å². The zero-order chi connectivity index (χ0) is 41.6. The molecule has 4 aromatic rings. The van der Waals surface area contributed by atoms with E-state index in [1.165, 1.54) is 23.3 Å². The summed E-state index contributed by atoms with van der Waals surface area (Å²) in [4.78, 5) is 54.3. The zero-order valence-corrected chi connectivity index (χ0v) is 33.9. The average molecular weight is 858 g/mol. The molecular weight excluding hydrogens is 814 g/mol. The summed E-state index contributed by atoms with van der Waals surface area (Å²) in [5.74, 6) is -2.63. The summed E-state index contributed by atoms with van der Waals surface area (Å²) in [7, 11) is 0. The molecule has 2 saturated heterocycles. The number of piperazine rings is 2. The van der Waals surface area contributed by atoms with Crippen LogP contribution in [-0.2, 0) is 45.1 Å². The standard InChI is InChI=1S/C21H22Cl2N2O4.C21H22ClFN2O4/c2*22-17-4-1-15(2-5-17)13-24-7-9-25(10-8-24)20(26)14-29-19-6-3-16(11-18(19)23)12-21(27)28/h2*1-6,11H,7-10,12-14H2,(H,27,28). The van der Waals surface area contributed by atoms with E-state index in [4.69, 9.17) is 54.5 Å². The van der Waals surface area contributed by atoms with E-state index in [1.54, 1.807) is 28.0 Å². The summed E-state index contributed by atoms with van der Waals surface area (Å²) < 4.78 is 24.9. The van der Waals surface area contributed by atoms with Crippen molar-refractivity contribution in [3.63, 3.8) is 0 Å². The summed E-state index contributed by atoms with van der Waals surface area (Å²) in [6.07, 6.45) is -0.379. The maximum absolute atomic E-state index is 14.0. The monoisotopic (exact) mass is 856 g/mol. The van der Waals surface area contributed by atoms with E-state index in [0.717, 1.165) is 50.4 Å². The van der Waals surface area contributed by atoms with Gasteiger partial charge in [-0.1, -0.05) is 71.2 Å². The van der Waals surface area contributed by atoms with Crippen molar-refractivity contribution in [2.45, 2.75) is 25.9 Å². The van der Waals surface area contributed by atoms with Gasteiger partial charge in [0.15, 0.2) is 24.8 Å². The number of hydrogen-bond donors (Lipinski definition) is 2. The minimum Gasteiger partial charge on any atom is -0.482 e. The van der Waals surface area contributed by atoms with Gasteiger partial charge in [0.1, 0.15) is 5.75 Å². The number of rotatable bonds is 14. The lowest BCUT2D eigenvalue weighted by Crippen LogP contribution is -2.49. The Hall–Kier alpha value is -4.92. The summed E-state index contributed by atoms with van der Waals surface area (Å²) in [6.45, 7) is 6.77. The molecule has 0 radical (unpaired) electrons. The van der Waals surface area contributed by atoms with E-state index in [9.17, 15) is 23.6 Å². The van der Waals surface area contributed by atoms with E-state index in [-0.39, 0.29) is 43.6 Å². The van der Waals surface area contributed by atoms with Crippen LogP contribution >= 0.6 is 34.8 Å². The molecule has 2 fully saturated rings. The molecule has 4 aromatic carbocycles. The molecule has 58 heavy (non-hydrogen) atoms. The highest BCUT2D eigenvalue weighted by Crippen LogP contribution is 2.26. The van der Waals surface area contributed by atoms with Crippen molar-refractivity contribution in [1.82, 2.24) is 19.6 Å². The normalized spacial score (nSPS) is 14.6. The first-order valence-corrected chi connectivity index (χ1v) is 19.7. The molecule has 2 N–H and O–H groups in total. The van der Waals surface area contributed by atoms with Gasteiger partial charge >= 0.3 is 11.9 Å². The van der Waals surface area contributed by atoms with Crippen LogP contribution in [-0.4, -0.2) is 119 Å². The number of benzene rings is 4. The second-order valence-electron chi connectivity index (χ2n) is 13.8. The molecule has 0 bridgehead atoms. The number of carboxylic acid groups (broad SMARTS) is 2. The number of nitrogens with zero attached hydrogens (tertiary/aromatic N) is 4. The third-order valence-electron chi connectivity index (χ3n) is 9.49. The fourth-order valence-electron chi connectivity index (χ4n) is 6.36. The Morgan fingerprint density at radius 3 is 1.31 bits per heavy atom. The van der Waals surface area contributed by atoms with Crippen LogP contribution in [0.25, 0.3) is 0 Å². The van der Waals surface area contributed by atoms with Gasteiger partial charge in [0.05, 0.1) is 17.9 Å². The van der Waals surface area contributed by atoms with E-state index in [1.807, 2.05) is 48.5 Å². The van der Waals surface area contributed by atoms with Gasteiger partial charge in [0, 0.05) is 75.5 Å². The number of carbonyl (C=O) groups excluding carboxylic acids is 2. The summed E-state index contributed by atoms with van der Waals surface area (Å²) in [5, 5.41) is 19.3.